The van der Waals surface area contributed by atoms with Crippen LogP contribution in [0.4, 0.5) is 0 Å². The highest BCUT2D eigenvalue weighted by molar-refractivity contribution is 9.10. The summed E-state index contributed by atoms with van der Waals surface area (Å²) in [5.74, 6) is 1.05. The molecular formula is C16H19BrClNO. The molecule has 1 unspecified atom stereocenters. The first-order valence-electron chi connectivity index (χ1n) is 6.89. The maximum Gasteiger partial charge on any atom is 0.108 e. The molecule has 1 N–H and O–H groups in total. The smallest absolute Gasteiger partial charge is 0.108 e. The fourth-order valence-corrected chi connectivity index (χ4v) is 3.14. The van der Waals surface area contributed by atoms with Gasteiger partial charge in [-0.3, -0.25) is 0 Å². The van der Waals surface area contributed by atoms with Crippen molar-refractivity contribution in [3.8, 4) is 0 Å². The van der Waals surface area contributed by atoms with E-state index in [1.54, 1.807) is 6.26 Å². The van der Waals surface area contributed by atoms with E-state index >= 15 is 0 Å². The van der Waals surface area contributed by atoms with Gasteiger partial charge in [-0.2, -0.15) is 0 Å². The van der Waals surface area contributed by atoms with Crippen molar-refractivity contribution in [2.75, 3.05) is 6.54 Å². The molecular weight excluding hydrogens is 338 g/mol. The van der Waals surface area contributed by atoms with Crippen molar-refractivity contribution in [1.82, 2.24) is 5.32 Å². The zero-order chi connectivity index (χ0) is 14.5. The van der Waals surface area contributed by atoms with Crippen LogP contribution in [0.2, 0.25) is 5.02 Å². The second kappa shape index (κ2) is 7.30. The highest BCUT2D eigenvalue weighted by Gasteiger charge is 2.18. The maximum atomic E-state index is 6.33. The van der Waals surface area contributed by atoms with E-state index in [1.165, 1.54) is 5.56 Å². The minimum absolute atomic E-state index is 0.229. The van der Waals surface area contributed by atoms with E-state index in [0.717, 1.165) is 40.2 Å². The first-order chi connectivity index (χ1) is 9.65. The molecule has 1 aromatic heterocycles. The highest BCUT2D eigenvalue weighted by atomic mass is 79.9. The summed E-state index contributed by atoms with van der Waals surface area (Å²) >= 11 is 9.77. The molecule has 1 atom stereocenters. The van der Waals surface area contributed by atoms with Crippen LogP contribution in [0.25, 0.3) is 0 Å². The van der Waals surface area contributed by atoms with Crippen molar-refractivity contribution < 1.29 is 4.42 Å². The minimum atomic E-state index is 0.229. The fraction of sp³-hybridized carbons (Fsp3) is 0.375. The van der Waals surface area contributed by atoms with Gasteiger partial charge in [-0.15, -0.1) is 0 Å². The van der Waals surface area contributed by atoms with Gasteiger partial charge in [-0.25, -0.2) is 0 Å². The van der Waals surface area contributed by atoms with Crippen molar-refractivity contribution in [2.24, 2.45) is 0 Å². The molecule has 2 aromatic rings. The van der Waals surface area contributed by atoms with E-state index in [9.17, 15) is 0 Å². The Bertz CT molecular complexity index is 567. The quantitative estimate of drug-likeness (QED) is 0.774. The molecule has 0 saturated heterocycles. The third-order valence-corrected chi connectivity index (χ3v) is 4.21. The van der Waals surface area contributed by atoms with Crippen LogP contribution in [0.3, 0.4) is 0 Å². The van der Waals surface area contributed by atoms with E-state index in [2.05, 4.69) is 47.2 Å². The largest absolute Gasteiger partial charge is 0.469 e. The molecule has 0 amide bonds. The second-order valence-electron chi connectivity index (χ2n) is 4.70. The summed E-state index contributed by atoms with van der Waals surface area (Å²) in [6.45, 7) is 5.13. The topological polar surface area (TPSA) is 25.2 Å². The molecule has 20 heavy (non-hydrogen) atoms. The minimum Gasteiger partial charge on any atom is -0.469 e. The molecule has 0 spiro atoms. The monoisotopic (exact) mass is 355 g/mol. The molecule has 1 aromatic carbocycles. The number of hydrogen-bond acceptors (Lipinski definition) is 2. The van der Waals surface area contributed by atoms with Gasteiger partial charge in [0.25, 0.3) is 0 Å². The fourth-order valence-electron chi connectivity index (χ4n) is 2.39. The van der Waals surface area contributed by atoms with E-state index in [4.69, 9.17) is 16.0 Å². The van der Waals surface area contributed by atoms with E-state index in [1.807, 2.05) is 12.1 Å². The van der Waals surface area contributed by atoms with Gasteiger partial charge in [-0.05, 0) is 36.7 Å². The van der Waals surface area contributed by atoms with Gasteiger partial charge in [0.2, 0.25) is 0 Å². The highest BCUT2D eigenvalue weighted by Crippen LogP contribution is 2.28. The Kier molecular flexibility index (Phi) is 5.70. The summed E-state index contributed by atoms with van der Waals surface area (Å²) in [5, 5.41) is 4.31. The Hall–Kier alpha value is -0.770. The number of furan rings is 1. The number of nitrogens with one attached hydrogen (secondary N) is 1. The van der Waals surface area contributed by atoms with Crippen LogP contribution in [0.1, 0.15) is 36.8 Å². The maximum absolute atomic E-state index is 6.33. The van der Waals surface area contributed by atoms with Gasteiger partial charge in [-0.1, -0.05) is 47.4 Å². The van der Waals surface area contributed by atoms with Crippen LogP contribution in [0.5, 0.6) is 0 Å². The Balaban J connectivity index is 2.25. The lowest BCUT2D eigenvalue weighted by Crippen LogP contribution is -2.23. The zero-order valence-corrected chi connectivity index (χ0v) is 14.1. The predicted octanol–water partition coefficient (Wildman–Crippen LogP) is 5.15. The second-order valence-corrected chi connectivity index (χ2v) is 6.03. The standard InChI is InChI=1S/C16H19BrClNO/c1-3-16-13(7-8-20-16)15(19-4-2)9-11-5-6-12(17)10-14(11)18/h5-8,10,15,19H,3-4,9H2,1-2H3. The Morgan fingerprint density at radius 3 is 2.75 bits per heavy atom. The predicted molar refractivity (Wildman–Crippen MR) is 87.4 cm³/mol. The Labute approximate surface area is 133 Å². The van der Waals surface area contributed by atoms with Gasteiger partial charge in [0, 0.05) is 27.5 Å². The number of halogens is 2. The molecule has 4 heteroatoms. The third kappa shape index (κ3) is 3.66. The molecule has 0 bridgehead atoms. The van der Waals surface area contributed by atoms with E-state index < -0.39 is 0 Å². The van der Waals surface area contributed by atoms with Crippen molar-refractivity contribution in [3.05, 3.63) is 56.9 Å². The molecule has 0 aliphatic heterocycles. The number of benzene rings is 1. The van der Waals surface area contributed by atoms with Gasteiger partial charge in [0.1, 0.15) is 5.76 Å². The molecule has 0 aliphatic rings. The van der Waals surface area contributed by atoms with Crippen molar-refractivity contribution in [2.45, 2.75) is 32.7 Å². The molecule has 0 radical (unpaired) electrons. The number of hydrogen-bond donors (Lipinski definition) is 1. The van der Waals surface area contributed by atoms with E-state index in [0.29, 0.717) is 0 Å². The summed E-state index contributed by atoms with van der Waals surface area (Å²) in [5.41, 5.74) is 2.37. The molecule has 108 valence electrons. The van der Waals surface area contributed by atoms with Crippen molar-refractivity contribution in [1.29, 1.82) is 0 Å². The van der Waals surface area contributed by atoms with Crippen LogP contribution in [-0.2, 0) is 12.8 Å². The van der Waals surface area contributed by atoms with Crippen LogP contribution >= 0.6 is 27.5 Å². The first-order valence-corrected chi connectivity index (χ1v) is 8.06. The zero-order valence-electron chi connectivity index (χ0n) is 11.7. The first kappa shape index (κ1) is 15.6. The summed E-state index contributed by atoms with van der Waals surface area (Å²) in [6.07, 6.45) is 3.52. The number of likely N-dealkylation sites (N-methyl/N-ethyl adjacent to an activating group) is 1. The van der Waals surface area contributed by atoms with Crippen LogP contribution in [-0.4, -0.2) is 6.54 Å². The lowest BCUT2D eigenvalue weighted by Gasteiger charge is -2.19. The SMILES string of the molecule is CCNC(Cc1ccc(Br)cc1Cl)c1ccoc1CC. The Morgan fingerprint density at radius 1 is 1.30 bits per heavy atom. The summed E-state index contributed by atoms with van der Waals surface area (Å²) in [7, 11) is 0. The third-order valence-electron chi connectivity index (χ3n) is 3.37. The molecule has 0 saturated carbocycles. The van der Waals surface area contributed by atoms with Crippen molar-refractivity contribution >= 4 is 27.5 Å². The van der Waals surface area contributed by atoms with Crippen molar-refractivity contribution in [3.63, 3.8) is 0 Å². The summed E-state index contributed by atoms with van der Waals surface area (Å²) in [6, 6.07) is 8.32. The molecule has 0 aliphatic carbocycles. The Morgan fingerprint density at radius 2 is 2.10 bits per heavy atom. The van der Waals surface area contributed by atoms with Crippen LogP contribution < -0.4 is 5.32 Å². The molecule has 0 fully saturated rings. The van der Waals surface area contributed by atoms with Crippen LogP contribution in [0, 0.1) is 0 Å². The average Bonchev–Trinajstić information content (AvgIpc) is 2.89. The summed E-state index contributed by atoms with van der Waals surface area (Å²) in [4.78, 5) is 0. The van der Waals surface area contributed by atoms with Gasteiger partial charge < -0.3 is 9.73 Å². The van der Waals surface area contributed by atoms with Gasteiger partial charge >= 0.3 is 0 Å². The van der Waals surface area contributed by atoms with Gasteiger partial charge in [0.05, 0.1) is 6.26 Å². The number of aryl methyl sites for hydroxylation is 1. The average molecular weight is 357 g/mol. The lowest BCUT2D eigenvalue weighted by molar-refractivity contribution is 0.487. The molecule has 2 rings (SSSR count). The van der Waals surface area contributed by atoms with Crippen LogP contribution in [0.15, 0.2) is 39.4 Å². The summed E-state index contributed by atoms with van der Waals surface area (Å²) < 4.78 is 6.55. The van der Waals surface area contributed by atoms with E-state index in [-0.39, 0.29) is 6.04 Å². The molecule has 2 nitrogen and oxygen atoms in total. The molecule has 1 heterocycles. The normalized spacial score (nSPS) is 12.6. The number of rotatable bonds is 6. The van der Waals surface area contributed by atoms with Gasteiger partial charge in [0.15, 0.2) is 0 Å². The lowest BCUT2D eigenvalue weighted by atomic mass is 9.98.